The Morgan fingerprint density at radius 2 is 1.97 bits per heavy atom. The van der Waals surface area contributed by atoms with Crippen molar-refractivity contribution in [2.75, 3.05) is 11.9 Å². The molecule has 1 aliphatic carbocycles. The van der Waals surface area contributed by atoms with Crippen LogP contribution in [0, 0.1) is 18.8 Å². The van der Waals surface area contributed by atoms with Crippen molar-refractivity contribution in [1.29, 1.82) is 0 Å². The number of aromatic nitrogens is 1. The third-order valence-corrected chi connectivity index (χ3v) is 6.62. The highest BCUT2D eigenvalue weighted by atomic mass is 16.2. The molecule has 1 fully saturated rings. The van der Waals surface area contributed by atoms with Crippen molar-refractivity contribution in [1.82, 2.24) is 10.3 Å². The van der Waals surface area contributed by atoms with Crippen LogP contribution in [0.3, 0.4) is 0 Å². The number of unbranched alkanes of at least 4 members (excludes halogenated alkanes) is 2. The molecular weight excluding hydrogens is 412 g/mol. The molecule has 1 aromatic heterocycles. The Labute approximate surface area is 196 Å². The molecule has 0 spiro atoms. The highest BCUT2D eigenvalue weighted by Gasteiger charge is 2.34. The van der Waals surface area contributed by atoms with Crippen LogP contribution in [0.1, 0.15) is 68.7 Å². The fraction of sp³-hybridized carbons (Fsp3) is 0.481. The van der Waals surface area contributed by atoms with Gasteiger partial charge in [0, 0.05) is 24.7 Å². The van der Waals surface area contributed by atoms with E-state index in [0.717, 1.165) is 48.9 Å². The first-order chi connectivity index (χ1) is 16.0. The number of carbonyl (C=O) groups is 2. The summed E-state index contributed by atoms with van der Waals surface area (Å²) in [4.78, 5) is 37.7. The summed E-state index contributed by atoms with van der Waals surface area (Å²) in [6.45, 7) is 4.15. The van der Waals surface area contributed by atoms with Crippen LogP contribution >= 0.6 is 0 Å². The standard InChI is InChI=1S/C27H34N4O2/c1-4-5-6-9-20(16-19-13-14-19)26(32)30-25-27(33)31(3)23-11-8-7-10-21(23)24(29-25)22-15-12-18(2)17-28-22/h7-8,10-12,15,17,19-20,25H,4-6,9,13-14,16H2,1-3H3,(H,30,32)/t20?,25-/m1/s1. The number of rotatable bonds is 9. The first kappa shape index (κ1) is 23.1. The van der Waals surface area contributed by atoms with Gasteiger partial charge in [0.15, 0.2) is 0 Å². The number of hydrogen-bond donors (Lipinski definition) is 1. The van der Waals surface area contributed by atoms with Crippen LogP contribution in [-0.4, -0.2) is 35.7 Å². The van der Waals surface area contributed by atoms with Gasteiger partial charge in [-0.05, 0) is 43.4 Å². The number of amides is 2. The minimum atomic E-state index is -0.971. The maximum absolute atomic E-state index is 13.4. The second kappa shape index (κ2) is 10.3. The number of pyridine rings is 1. The van der Waals surface area contributed by atoms with Gasteiger partial charge < -0.3 is 10.2 Å². The number of carbonyl (C=O) groups excluding carboxylic acids is 2. The Hall–Kier alpha value is -3.02. The Bertz CT molecular complexity index is 1030. The van der Waals surface area contributed by atoms with Crippen LogP contribution in [-0.2, 0) is 9.59 Å². The molecule has 1 aliphatic heterocycles. The van der Waals surface area contributed by atoms with Gasteiger partial charge in [-0.3, -0.25) is 14.6 Å². The maximum atomic E-state index is 13.4. The average Bonchev–Trinajstić information content (AvgIpc) is 3.65. The van der Waals surface area contributed by atoms with E-state index in [4.69, 9.17) is 4.99 Å². The molecule has 4 rings (SSSR count). The normalized spacial score (nSPS) is 18.9. The first-order valence-corrected chi connectivity index (χ1v) is 12.2. The van der Waals surface area contributed by atoms with Crippen LogP contribution in [0.2, 0.25) is 0 Å². The monoisotopic (exact) mass is 446 g/mol. The minimum Gasteiger partial charge on any atom is -0.326 e. The van der Waals surface area contributed by atoms with Crippen molar-refractivity contribution >= 4 is 23.2 Å². The molecule has 6 heteroatoms. The smallest absolute Gasteiger partial charge is 0.272 e. The number of fused-ring (bicyclic) bond motifs is 1. The molecule has 1 saturated carbocycles. The van der Waals surface area contributed by atoms with Crippen molar-refractivity contribution in [3.8, 4) is 0 Å². The number of hydrogen-bond acceptors (Lipinski definition) is 4. The summed E-state index contributed by atoms with van der Waals surface area (Å²) in [6.07, 6.45) is 8.29. The molecule has 174 valence electrons. The van der Waals surface area contributed by atoms with Gasteiger partial charge in [0.2, 0.25) is 12.1 Å². The van der Waals surface area contributed by atoms with Crippen LogP contribution in [0.15, 0.2) is 47.6 Å². The predicted molar refractivity (Wildman–Crippen MR) is 131 cm³/mol. The van der Waals surface area contributed by atoms with Crippen LogP contribution in [0.4, 0.5) is 5.69 Å². The Balaban J connectivity index is 1.64. The van der Waals surface area contributed by atoms with E-state index in [1.165, 1.54) is 12.8 Å². The highest BCUT2D eigenvalue weighted by molar-refractivity contribution is 6.19. The molecule has 2 amide bonds. The van der Waals surface area contributed by atoms with Gasteiger partial charge in [-0.15, -0.1) is 0 Å². The summed E-state index contributed by atoms with van der Waals surface area (Å²) in [6, 6.07) is 11.6. The van der Waals surface area contributed by atoms with Gasteiger partial charge in [-0.1, -0.05) is 63.3 Å². The second-order valence-corrected chi connectivity index (χ2v) is 9.40. The molecule has 2 aliphatic rings. The lowest BCUT2D eigenvalue weighted by molar-refractivity contribution is -0.130. The fourth-order valence-corrected chi connectivity index (χ4v) is 4.43. The molecule has 1 unspecified atom stereocenters. The first-order valence-electron chi connectivity index (χ1n) is 12.2. The van der Waals surface area contributed by atoms with Crippen molar-refractivity contribution in [2.24, 2.45) is 16.8 Å². The lowest BCUT2D eigenvalue weighted by Crippen LogP contribution is -2.48. The summed E-state index contributed by atoms with van der Waals surface area (Å²) >= 11 is 0. The van der Waals surface area contributed by atoms with Gasteiger partial charge in [-0.2, -0.15) is 0 Å². The number of para-hydroxylation sites is 1. The quantitative estimate of drug-likeness (QED) is 0.570. The largest absolute Gasteiger partial charge is 0.326 e. The van der Waals surface area contributed by atoms with Gasteiger partial charge in [-0.25, -0.2) is 4.99 Å². The zero-order chi connectivity index (χ0) is 23.4. The molecule has 2 atom stereocenters. The molecule has 2 aromatic rings. The molecule has 1 aromatic carbocycles. The number of aryl methyl sites for hydroxylation is 1. The Morgan fingerprint density at radius 1 is 1.18 bits per heavy atom. The highest BCUT2D eigenvalue weighted by Crippen LogP contribution is 2.37. The summed E-state index contributed by atoms with van der Waals surface area (Å²) in [7, 11) is 1.74. The molecule has 0 saturated heterocycles. The predicted octanol–water partition coefficient (Wildman–Crippen LogP) is 4.64. The summed E-state index contributed by atoms with van der Waals surface area (Å²) in [5.74, 6) is 0.284. The summed E-state index contributed by atoms with van der Waals surface area (Å²) in [5, 5.41) is 3.00. The number of benzene rings is 1. The van der Waals surface area contributed by atoms with Gasteiger partial charge in [0.25, 0.3) is 5.91 Å². The lowest BCUT2D eigenvalue weighted by Gasteiger charge is -2.23. The van der Waals surface area contributed by atoms with E-state index in [1.54, 1.807) is 18.1 Å². The van der Waals surface area contributed by atoms with Crippen molar-refractivity contribution < 1.29 is 9.59 Å². The van der Waals surface area contributed by atoms with Gasteiger partial charge in [0.05, 0.1) is 17.1 Å². The lowest BCUT2D eigenvalue weighted by atomic mass is 9.94. The molecule has 33 heavy (non-hydrogen) atoms. The van der Waals surface area contributed by atoms with Crippen molar-refractivity contribution in [3.05, 3.63) is 59.4 Å². The number of likely N-dealkylation sites (N-methyl/N-ethyl adjacent to an activating group) is 1. The van der Waals surface area contributed by atoms with Crippen LogP contribution < -0.4 is 10.2 Å². The third kappa shape index (κ3) is 5.49. The summed E-state index contributed by atoms with van der Waals surface area (Å²) < 4.78 is 0. The van der Waals surface area contributed by atoms with E-state index in [1.807, 2.05) is 43.3 Å². The van der Waals surface area contributed by atoms with Crippen LogP contribution in [0.5, 0.6) is 0 Å². The minimum absolute atomic E-state index is 0.0596. The SMILES string of the molecule is CCCCCC(CC1CC1)C(=O)N[C@H]1N=C(c2ccc(C)cn2)c2ccccc2N(C)C1=O. The zero-order valence-corrected chi connectivity index (χ0v) is 19.9. The zero-order valence-electron chi connectivity index (χ0n) is 19.9. The number of nitrogens with zero attached hydrogens (tertiary/aromatic N) is 3. The molecule has 1 N–H and O–H groups in total. The van der Waals surface area contributed by atoms with Gasteiger partial charge >= 0.3 is 0 Å². The third-order valence-electron chi connectivity index (χ3n) is 6.62. The molecule has 0 radical (unpaired) electrons. The average molecular weight is 447 g/mol. The van der Waals surface area contributed by atoms with Crippen LogP contribution in [0.25, 0.3) is 0 Å². The number of aliphatic imine (C=N–C) groups is 1. The fourth-order valence-electron chi connectivity index (χ4n) is 4.43. The van der Waals surface area contributed by atoms with E-state index < -0.39 is 6.17 Å². The van der Waals surface area contributed by atoms with E-state index in [-0.39, 0.29) is 17.7 Å². The molecular formula is C27H34N4O2. The van der Waals surface area contributed by atoms with Gasteiger partial charge in [0.1, 0.15) is 0 Å². The number of nitrogens with one attached hydrogen (secondary N) is 1. The Kier molecular flexibility index (Phi) is 7.21. The van der Waals surface area contributed by atoms with E-state index in [2.05, 4.69) is 17.2 Å². The van der Waals surface area contributed by atoms with E-state index in [0.29, 0.717) is 17.3 Å². The number of anilines is 1. The Morgan fingerprint density at radius 3 is 2.67 bits per heavy atom. The summed E-state index contributed by atoms with van der Waals surface area (Å²) in [5.41, 5.74) is 3.96. The molecule has 0 bridgehead atoms. The maximum Gasteiger partial charge on any atom is 0.272 e. The van der Waals surface area contributed by atoms with E-state index >= 15 is 0 Å². The van der Waals surface area contributed by atoms with Crippen molar-refractivity contribution in [2.45, 2.75) is 65.0 Å². The van der Waals surface area contributed by atoms with Crippen molar-refractivity contribution in [3.63, 3.8) is 0 Å². The second-order valence-electron chi connectivity index (χ2n) is 9.40. The topological polar surface area (TPSA) is 74.7 Å². The molecule has 2 heterocycles. The molecule has 6 nitrogen and oxygen atoms in total. The van der Waals surface area contributed by atoms with E-state index in [9.17, 15) is 9.59 Å². The number of benzodiazepines with no additional fused rings is 1.